The van der Waals surface area contributed by atoms with Crippen LogP contribution in [0.1, 0.15) is 50.4 Å². The molecule has 0 spiro atoms. The average Bonchev–Trinajstić information content (AvgIpc) is 3.27. The van der Waals surface area contributed by atoms with Gasteiger partial charge in [0.05, 0.1) is 20.1 Å². The average molecular weight is 433 g/mol. The second kappa shape index (κ2) is 7.66. The second-order valence-corrected chi connectivity index (χ2v) is 11.1. The van der Waals surface area contributed by atoms with E-state index in [0.717, 1.165) is 25.8 Å². The summed E-state index contributed by atoms with van der Waals surface area (Å²) in [7, 11) is 3.13. The van der Waals surface area contributed by atoms with Gasteiger partial charge in [-0.2, -0.15) is 0 Å². The maximum absolute atomic E-state index is 13.6. The van der Waals surface area contributed by atoms with Crippen LogP contribution < -0.4 is 9.47 Å². The van der Waals surface area contributed by atoms with E-state index in [1.54, 1.807) is 49.1 Å². The van der Waals surface area contributed by atoms with Crippen LogP contribution in [0.5, 0.6) is 11.5 Å². The van der Waals surface area contributed by atoms with Gasteiger partial charge in [0.2, 0.25) is 5.91 Å². The third kappa shape index (κ3) is 3.88. The SMILES string of the molecule is COc1cc(OC)cc(C(=O)N2CSCC2C(=O)N2CC3(C)CC2CC(C)(C)C3)c1. The van der Waals surface area contributed by atoms with Gasteiger partial charge in [-0.1, -0.05) is 20.8 Å². The van der Waals surface area contributed by atoms with Crippen molar-refractivity contribution in [3.8, 4) is 11.5 Å². The van der Waals surface area contributed by atoms with Crippen LogP contribution in [0, 0.1) is 10.8 Å². The Bertz CT molecular complexity index is 835. The summed E-state index contributed by atoms with van der Waals surface area (Å²) in [5.74, 6) is 2.26. The fourth-order valence-corrected chi connectivity index (χ4v) is 7.00. The number of ether oxygens (including phenoxy) is 2. The monoisotopic (exact) mass is 432 g/mol. The largest absolute Gasteiger partial charge is 0.497 e. The summed E-state index contributed by atoms with van der Waals surface area (Å²) in [5.41, 5.74) is 0.923. The molecule has 7 heteroatoms. The number of rotatable bonds is 4. The number of fused-ring (bicyclic) bond motifs is 2. The van der Waals surface area contributed by atoms with Crippen LogP contribution in [0.4, 0.5) is 0 Å². The molecular weight excluding hydrogens is 400 g/mol. The number of hydrogen-bond donors (Lipinski definition) is 0. The molecule has 2 amide bonds. The van der Waals surface area contributed by atoms with Crippen molar-refractivity contribution in [1.29, 1.82) is 0 Å². The molecule has 3 unspecified atom stereocenters. The zero-order valence-corrected chi connectivity index (χ0v) is 19.4. The number of nitrogens with zero attached hydrogens (tertiary/aromatic N) is 2. The van der Waals surface area contributed by atoms with Crippen molar-refractivity contribution >= 4 is 23.6 Å². The molecule has 3 aliphatic rings. The number of thioether (sulfide) groups is 1. The molecule has 1 aliphatic carbocycles. The Morgan fingerprint density at radius 3 is 2.33 bits per heavy atom. The molecule has 4 rings (SSSR count). The maximum atomic E-state index is 13.6. The highest BCUT2D eigenvalue weighted by molar-refractivity contribution is 7.99. The first-order valence-electron chi connectivity index (χ1n) is 10.6. The van der Waals surface area contributed by atoms with Crippen LogP contribution in [-0.2, 0) is 4.79 Å². The van der Waals surface area contributed by atoms with Gasteiger partial charge in [-0.3, -0.25) is 9.59 Å². The van der Waals surface area contributed by atoms with Crippen molar-refractivity contribution in [3.63, 3.8) is 0 Å². The zero-order valence-electron chi connectivity index (χ0n) is 18.6. The molecule has 2 heterocycles. The van der Waals surface area contributed by atoms with Crippen molar-refractivity contribution in [2.75, 3.05) is 32.4 Å². The van der Waals surface area contributed by atoms with Gasteiger partial charge in [0.1, 0.15) is 17.5 Å². The minimum atomic E-state index is -0.411. The van der Waals surface area contributed by atoms with Gasteiger partial charge < -0.3 is 19.3 Å². The standard InChI is InChI=1S/C23H32N2O4S/c1-22(2)9-16-10-23(3,12-22)13-24(16)21(27)19-11-30-14-25(19)20(26)15-6-17(28-4)8-18(7-15)29-5/h6-8,16,19H,9-14H2,1-5H3. The Morgan fingerprint density at radius 2 is 1.70 bits per heavy atom. The number of carbonyl (C=O) groups is 2. The van der Waals surface area contributed by atoms with E-state index in [1.807, 2.05) is 0 Å². The van der Waals surface area contributed by atoms with E-state index in [-0.39, 0.29) is 28.7 Å². The van der Waals surface area contributed by atoms with Crippen LogP contribution in [0.15, 0.2) is 18.2 Å². The lowest BCUT2D eigenvalue weighted by molar-refractivity contribution is -0.136. The summed E-state index contributed by atoms with van der Waals surface area (Å²) in [4.78, 5) is 30.7. The Labute approximate surface area is 183 Å². The quantitative estimate of drug-likeness (QED) is 0.727. The van der Waals surface area contributed by atoms with Gasteiger partial charge in [-0.15, -0.1) is 11.8 Å². The molecule has 6 nitrogen and oxygen atoms in total. The van der Waals surface area contributed by atoms with Crippen LogP contribution in [0.2, 0.25) is 0 Å². The normalized spacial score (nSPS) is 29.8. The molecule has 1 saturated carbocycles. The van der Waals surface area contributed by atoms with Crippen molar-refractivity contribution in [2.45, 2.75) is 52.1 Å². The van der Waals surface area contributed by atoms with Gasteiger partial charge in [0, 0.05) is 30.0 Å². The van der Waals surface area contributed by atoms with Crippen molar-refractivity contribution in [3.05, 3.63) is 23.8 Å². The van der Waals surface area contributed by atoms with Crippen molar-refractivity contribution < 1.29 is 19.1 Å². The number of amides is 2. The third-order valence-corrected chi connectivity index (χ3v) is 7.74. The predicted octanol–water partition coefficient (Wildman–Crippen LogP) is 3.65. The Kier molecular flexibility index (Phi) is 5.45. The van der Waals surface area contributed by atoms with Gasteiger partial charge >= 0.3 is 0 Å². The topological polar surface area (TPSA) is 59.1 Å². The molecule has 2 aliphatic heterocycles. The lowest BCUT2D eigenvalue weighted by Crippen LogP contribution is -2.50. The van der Waals surface area contributed by atoms with Gasteiger partial charge in [0.25, 0.3) is 5.91 Å². The number of benzene rings is 1. The Morgan fingerprint density at radius 1 is 1.03 bits per heavy atom. The molecule has 2 bridgehead atoms. The van der Waals surface area contributed by atoms with E-state index in [4.69, 9.17) is 9.47 Å². The summed E-state index contributed by atoms with van der Waals surface area (Å²) in [6.45, 7) is 7.73. The van der Waals surface area contributed by atoms with Crippen LogP contribution in [-0.4, -0.2) is 66.1 Å². The molecule has 3 atom stereocenters. The Balaban J connectivity index is 1.56. The molecule has 2 saturated heterocycles. The minimum absolute atomic E-state index is 0.106. The fraction of sp³-hybridized carbons (Fsp3) is 0.652. The summed E-state index contributed by atoms with van der Waals surface area (Å²) < 4.78 is 10.6. The first-order chi connectivity index (χ1) is 14.1. The number of hydrogen-bond acceptors (Lipinski definition) is 5. The van der Waals surface area contributed by atoms with E-state index in [2.05, 4.69) is 25.7 Å². The first-order valence-corrected chi connectivity index (χ1v) is 11.7. The summed E-state index contributed by atoms with van der Waals surface area (Å²) in [6.07, 6.45) is 3.25. The lowest BCUT2D eigenvalue weighted by atomic mass is 9.65. The summed E-state index contributed by atoms with van der Waals surface area (Å²) in [5, 5.41) is 0. The van der Waals surface area contributed by atoms with E-state index < -0.39 is 6.04 Å². The van der Waals surface area contributed by atoms with Gasteiger partial charge in [-0.05, 0) is 42.2 Å². The van der Waals surface area contributed by atoms with E-state index in [1.165, 1.54) is 0 Å². The lowest BCUT2D eigenvalue weighted by Gasteiger charge is -2.39. The number of methoxy groups -OCH3 is 2. The van der Waals surface area contributed by atoms with Gasteiger partial charge in [0.15, 0.2) is 0 Å². The highest BCUT2D eigenvalue weighted by atomic mass is 32.2. The molecule has 1 aromatic carbocycles. The highest BCUT2D eigenvalue weighted by Crippen LogP contribution is 2.52. The molecule has 1 aromatic rings. The van der Waals surface area contributed by atoms with Crippen molar-refractivity contribution in [1.82, 2.24) is 9.80 Å². The number of likely N-dealkylation sites (tertiary alicyclic amines) is 1. The van der Waals surface area contributed by atoms with E-state index in [9.17, 15) is 9.59 Å². The summed E-state index contributed by atoms with van der Waals surface area (Å²) >= 11 is 1.64. The maximum Gasteiger partial charge on any atom is 0.255 e. The highest BCUT2D eigenvalue weighted by Gasteiger charge is 2.52. The van der Waals surface area contributed by atoms with Crippen LogP contribution >= 0.6 is 11.8 Å². The third-order valence-electron chi connectivity index (χ3n) is 6.72. The molecule has 3 fully saturated rings. The van der Waals surface area contributed by atoms with E-state index >= 15 is 0 Å². The zero-order chi connectivity index (χ0) is 21.7. The molecule has 0 radical (unpaired) electrons. The fourth-order valence-electron chi connectivity index (χ4n) is 5.85. The molecular formula is C23H32N2O4S. The minimum Gasteiger partial charge on any atom is -0.497 e. The molecule has 0 aromatic heterocycles. The number of carbonyl (C=O) groups excluding carboxylic acids is 2. The first kappa shape index (κ1) is 21.3. The predicted molar refractivity (Wildman–Crippen MR) is 118 cm³/mol. The molecule has 164 valence electrons. The second-order valence-electron chi connectivity index (χ2n) is 10.1. The molecule has 0 N–H and O–H groups in total. The van der Waals surface area contributed by atoms with Crippen LogP contribution in [0.3, 0.4) is 0 Å². The van der Waals surface area contributed by atoms with Crippen molar-refractivity contribution in [2.24, 2.45) is 10.8 Å². The summed E-state index contributed by atoms with van der Waals surface area (Å²) in [6, 6.07) is 5.03. The van der Waals surface area contributed by atoms with E-state index in [0.29, 0.717) is 28.7 Å². The Hall–Kier alpha value is -1.89. The van der Waals surface area contributed by atoms with Gasteiger partial charge in [-0.25, -0.2) is 0 Å². The molecule has 30 heavy (non-hydrogen) atoms. The smallest absolute Gasteiger partial charge is 0.255 e. The van der Waals surface area contributed by atoms with Crippen LogP contribution in [0.25, 0.3) is 0 Å².